The smallest absolute Gasteiger partial charge is 0.225 e. The summed E-state index contributed by atoms with van der Waals surface area (Å²) in [4.78, 5) is 8.63. The van der Waals surface area contributed by atoms with Crippen LogP contribution in [0.5, 0.6) is 0 Å². The Kier molecular flexibility index (Phi) is 2.96. The monoisotopic (exact) mass is 293 g/mol. The van der Waals surface area contributed by atoms with Crippen molar-refractivity contribution in [1.29, 1.82) is 0 Å². The molecule has 0 bridgehead atoms. The first-order chi connectivity index (χ1) is 10.8. The Balaban J connectivity index is 1.61. The van der Waals surface area contributed by atoms with Crippen LogP contribution in [0.4, 0.5) is 5.95 Å². The summed E-state index contributed by atoms with van der Waals surface area (Å²) in [6, 6.07) is 10.4. The van der Waals surface area contributed by atoms with Gasteiger partial charge in [0.1, 0.15) is 6.33 Å². The third-order valence-electron chi connectivity index (χ3n) is 3.72. The maximum atomic E-state index is 5.92. The normalized spacial score (nSPS) is 11.5. The zero-order valence-electron chi connectivity index (χ0n) is 11.9. The molecule has 3 aromatic heterocycles. The molecular weight excluding hydrogens is 278 g/mol. The summed E-state index contributed by atoms with van der Waals surface area (Å²) in [7, 11) is 0. The van der Waals surface area contributed by atoms with Gasteiger partial charge in [-0.15, -0.1) is 0 Å². The summed E-state index contributed by atoms with van der Waals surface area (Å²) < 4.78 is 3.40. The zero-order chi connectivity index (χ0) is 14.9. The number of aromatic nitrogens is 6. The lowest BCUT2D eigenvalue weighted by Crippen LogP contribution is -2.06. The van der Waals surface area contributed by atoms with E-state index in [2.05, 4.69) is 44.4 Å². The highest BCUT2D eigenvalue weighted by atomic mass is 15.4. The van der Waals surface area contributed by atoms with Crippen LogP contribution in [-0.4, -0.2) is 29.4 Å². The summed E-state index contributed by atoms with van der Waals surface area (Å²) >= 11 is 0. The first-order valence-electron chi connectivity index (χ1n) is 7.17. The molecule has 0 saturated heterocycles. The lowest BCUT2D eigenvalue weighted by Gasteiger charge is -2.04. The number of nitrogens with zero attached hydrogens (tertiary/aromatic N) is 6. The molecule has 110 valence electrons. The van der Waals surface area contributed by atoms with Crippen LogP contribution < -0.4 is 5.73 Å². The molecule has 0 unspecified atom stereocenters. The predicted octanol–water partition coefficient (Wildman–Crippen LogP) is 1.69. The molecule has 4 rings (SSSR count). The van der Waals surface area contributed by atoms with Crippen molar-refractivity contribution in [2.24, 2.45) is 0 Å². The molecule has 0 aliphatic heterocycles. The third-order valence-corrected chi connectivity index (χ3v) is 3.72. The van der Waals surface area contributed by atoms with Crippen LogP contribution in [0.15, 0.2) is 42.9 Å². The average molecular weight is 293 g/mol. The van der Waals surface area contributed by atoms with E-state index in [1.54, 1.807) is 6.20 Å². The first kappa shape index (κ1) is 12.8. The number of fused-ring (bicyclic) bond motifs is 3. The van der Waals surface area contributed by atoms with Crippen molar-refractivity contribution in [2.75, 3.05) is 5.73 Å². The van der Waals surface area contributed by atoms with Crippen molar-refractivity contribution in [3.8, 4) is 0 Å². The number of benzene rings is 1. The standard InChI is InChI=1S/C15H15N7/c16-15-20-14-12(13-17-10-19-22(13)15)9-18-21(14)8-4-7-11-5-2-1-3-6-11/h1-3,5-6,9-10H,4,7-8H2,(H2,16,20). The molecule has 0 fully saturated rings. The van der Waals surface area contributed by atoms with Gasteiger partial charge in [-0.3, -0.25) is 0 Å². The Labute approximate surface area is 126 Å². The Bertz CT molecular complexity index is 923. The maximum Gasteiger partial charge on any atom is 0.225 e. The van der Waals surface area contributed by atoms with Crippen LogP contribution >= 0.6 is 0 Å². The van der Waals surface area contributed by atoms with Crippen LogP contribution in [0.3, 0.4) is 0 Å². The van der Waals surface area contributed by atoms with Gasteiger partial charge in [0.25, 0.3) is 0 Å². The Hall–Kier alpha value is -2.96. The molecule has 3 heterocycles. The van der Waals surface area contributed by atoms with Crippen molar-refractivity contribution in [3.63, 3.8) is 0 Å². The number of hydrogen-bond acceptors (Lipinski definition) is 5. The van der Waals surface area contributed by atoms with Gasteiger partial charge in [0, 0.05) is 6.54 Å². The topological polar surface area (TPSA) is 86.9 Å². The molecule has 0 saturated carbocycles. The largest absolute Gasteiger partial charge is 0.368 e. The number of nitrogens with two attached hydrogens (primary N) is 1. The fourth-order valence-corrected chi connectivity index (χ4v) is 2.64. The Morgan fingerprint density at radius 2 is 1.91 bits per heavy atom. The van der Waals surface area contributed by atoms with Crippen molar-refractivity contribution in [2.45, 2.75) is 19.4 Å². The number of hydrogen-bond donors (Lipinski definition) is 1. The fraction of sp³-hybridized carbons (Fsp3) is 0.200. The second kappa shape index (κ2) is 5.10. The Morgan fingerprint density at radius 1 is 1.05 bits per heavy atom. The van der Waals surface area contributed by atoms with E-state index in [4.69, 9.17) is 5.73 Å². The molecule has 7 nitrogen and oxygen atoms in total. The van der Waals surface area contributed by atoms with Crippen LogP contribution in [0.25, 0.3) is 16.7 Å². The minimum absolute atomic E-state index is 0.324. The highest BCUT2D eigenvalue weighted by molar-refractivity contribution is 5.89. The van der Waals surface area contributed by atoms with Crippen LogP contribution in [0.2, 0.25) is 0 Å². The SMILES string of the molecule is Nc1nc2c(cnn2CCCc2ccccc2)c2ncnn12. The molecule has 2 N–H and O–H groups in total. The molecule has 0 spiro atoms. The number of nitrogen functional groups attached to an aromatic ring is 1. The quantitative estimate of drug-likeness (QED) is 0.618. The van der Waals surface area contributed by atoms with Crippen LogP contribution in [0.1, 0.15) is 12.0 Å². The summed E-state index contributed by atoms with van der Waals surface area (Å²) in [5.41, 5.74) is 8.70. The Morgan fingerprint density at radius 3 is 2.77 bits per heavy atom. The van der Waals surface area contributed by atoms with Gasteiger partial charge in [0.05, 0.1) is 11.6 Å². The first-order valence-corrected chi connectivity index (χ1v) is 7.17. The molecule has 0 aliphatic rings. The second-order valence-electron chi connectivity index (χ2n) is 5.16. The summed E-state index contributed by atoms with van der Waals surface area (Å²) in [6.07, 6.45) is 5.24. The molecule has 0 radical (unpaired) electrons. The van der Waals surface area contributed by atoms with E-state index in [1.165, 1.54) is 16.4 Å². The summed E-state index contributed by atoms with van der Waals surface area (Å²) in [6.45, 7) is 0.787. The maximum absolute atomic E-state index is 5.92. The zero-order valence-corrected chi connectivity index (χ0v) is 11.9. The second-order valence-corrected chi connectivity index (χ2v) is 5.16. The highest BCUT2D eigenvalue weighted by Crippen LogP contribution is 2.18. The van der Waals surface area contributed by atoms with Gasteiger partial charge in [-0.25, -0.2) is 9.67 Å². The fourth-order valence-electron chi connectivity index (χ4n) is 2.64. The molecule has 1 aromatic carbocycles. The molecule has 7 heteroatoms. The van der Waals surface area contributed by atoms with E-state index in [1.807, 2.05) is 10.7 Å². The highest BCUT2D eigenvalue weighted by Gasteiger charge is 2.12. The molecule has 0 aliphatic carbocycles. The van der Waals surface area contributed by atoms with E-state index >= 15 is 0 Å². The average Bonchev–Trinajstić information content (AvgIpc) is 3.16. The minimum Gasteiger partial charge on any atom is -0.368 e. The molecule has 4 aromatic rings. The van der Waals surface area contributed by atoms with Crippen molar-refractivity contribution in [1.82, 2.24) is 29.4 Å². The summed E-state index contributed by atoms with van der Waals surface area (Å²) in [5, 5.41) is 9.34. The van der Waals surface area contributed by atoms with Gasteiger partial charge in [0.2, 0.25) is 5.95 Å². The third kappa shape index (κ3) is 2.07. The number of rotatable bonds is 4. The summed E-state index contributed by atoms with van der Waals surface area (Å²) in [5.74, 6) is 0.324. The lowest BCUT2D eigenvalue weighted by molar-refractivity contribution is 0.591. The molecule has 22 heavy (non-hydrogen) atoms. The van der Waals surface area contributed by atoms with E-state index in [9.17, 15) is 0 Å². The van der Waals surface area contributed by atoms with Gasteiger partial charge >= 0.3 is 0 Å². The number of anilines is 1. The predicted molar refractivity (Wildman–Crippen MR) is 83.2 cm³/mol. The van der Waals surface area contributed by atoms with Gasteiger partial charge in [-0.1, -0.05) is 30.3 Å². The van der Waals surface area contributed by atoms with Gasteiger partial charge in [-0.05, 0) is 18.4 Å². The molecule has 0 amide bonds. The van der Waals surface area contributed by atoms with Crippen molar-refractivity contribution in [3.05, 3.63) is 48.4 Å². The van der Waals surface area contributed by atoms with E-state index in [-0.39, 0.29) is 0 Å². The van der Waals surface area contributed by atoms with Crippen LogP contribution in [-0.2, 0) is 13.0 Å². The number of aryl methyl sites for hydroxylation is 2. The van der Waals surface area contributed by atoms with E-state index < -0.39 is 0 Å². The van der Waals surface area contributed by atoms with Gasteiger partial charge in [0.15, 0.2) is 11.3 Å². The lowest BCUT2D eigenvalue weighted by atomic mass is 10.1. The minimum atomic E-state index is 0.324. The van der Waals surface area contributed by atoms with E-state index in [0.717, 1.165) is 30.4 Å². The van der Waals surface area contributed by atoms with Crippen molar-refractivity contribution < 1.29 is 0 Å². The molecule has 0 atom stereocenters. The van der Waals surface area contributed by atoms with Gasteiger partial charge in [-0.2, -0.15) is 19.7 Å². The van der Waals surface area contributed by atoms with Crippen molar-refractivity contribution >= 4 is 22.6 Å². The van der Waals surface area contributed by atoms with Crippen LogP contribution in [0, 0.1) is 0 Å². The van der Waals surface area contributed by atoms with E-state index in [0.29, 0.717) is 11.6 Å². The van der Waals surface area contributed by atoms with Gasteiger partial charge < -0.3 is 5.73 Å². The molecular formula is C15H15N7.